The first-order chi connectivity index (χ1) is 8.32. The molecule has 0 saturated carbocycles. The lowest BCUT2D eigenvalue weighted by Crippen LogP contribution is -2.06. The predicted molar refractivity (Wildman–Crippen MR) is 66.7 cm³/mol. The lowest BCUT2D eigenvalue weighted by molar-refractivity contribution is -0.386. The minimum absolute atomic E-state index is 0.105. The Hall–Kier alpha value is -1.34. The van der Waals surface area contributed by atoms with Crippen molar-refractivity contribution in [2.75, 3.05) is 6.61 Å². The largest absolute Gasteiger partial charge is 0.486 e. The first-order valence-electron chi connectivity index (χ1n) is 5.20. The van der Waals surface area contributed by atoms with Crippen LogP contribution < -0.4 is 4.74 Å². The number of nitro groups is 1. The molecular weight excluding hydrogens is 282 g/mol. The third-order valence-electron chi connectivity index (χ3n) is 2.28. The van der Waals surface area contributed by atoms with Gasteiger partial charge < -0.3 is 4.74 Å². The van der Waals surface area contributed by atoms with Gasteiger partial charge in [0.15, 0.2) is 0 Å². The van der Waals surface area contributed by atoms with E-state index in [1.165, 1.54) is 12.1 Å². The normalized spacial score (nSPS) is 11.3. The SMILES string of the molecule is CCOc1c([N+](=O)[O-])ccc(CC)c1S(=O)(=O)Cl. The summed E-state index contributed by atoms with van der Waals surface area (Å²) >= 11 is 0. The van der Waals surface area contributed by atoms with Crippen LogP contribution in [0, 0.1) is 10.1 Å². The van der Waals surface area contributed by atoms with E-state index in [0.717, 1.165) is 0 Å². The summed E-state index contributed by atoms with van der Waals surface area (Å²) in [5.41, 5.74) is -0.0210. The van der Waals surface area contributed by atoms with E-state index in [9.17, 15) is 18.5 Å². The number of hydrogen-bond donors (Lipinski definition) is 0. The number of benzene rings is 1. The van der Waals surface area contributed by atoms with E-state index in [1.807, 2.05) is 0 Å². The zero-order chi connectivity index (χ0) is 13.9. The molecule has 0 unspecified atom stereocenters. The third-order valence-corrected chi connectivity index (χ3v) is 3.68. The van der Waals surface area contributed by atoms with Crippen molar-refractivity contribution >= 4 is 25.4 Å². The maximum absolute atomic E-state index is 11.5. The van der Waals surface area contributed by atoms with E-state index in [2.05, 4.69) is 0 Å². The zero-order valence-electron chi connectivity index (χ0n) is 9.84. The molecule has 1 rings (SSSR count). The van der Waals surface area contributed by atoms with Crippen LogP contribution in [0.3, 0.4) is 0 Å². The number of rotatable bonds is 5. The molecule has 0 aromatic heterocycles. The molecular formula is C10H12ClNO5S. The molecule has 1 aromatic rings. The standard InChI is InChI=1S/C10H12ClNO5S/c1-3-7-5-6-8(12(13)14)9(17-4-2)10(7)18(11,15)16/h5-6H,3-4H2,1-2H3. The number of halogens is 1. The van der Waals surface area contributed by atoms with Crippen LogP contribution in [0.4, 0.5) is 5.69 Å². The minimum Gasteiger partial charge on any atom is -0.486 e. The van der Waals surface area contributed by atoms with Crippen molar-refractivity contribution < 1.29 is 18.1 Å². The Balaban J connectivity index is 3.70. The summed E-state index contributed by atoms with van der Waals surface area (Å²) in [6, 6.07) is 2.59. The van der Waals surface area contributed by atoms with Gasteiger partial charge in [0.1, 0.15) is 4.90 Å². The number of nitrogens with zero attached hydrogens (tertiary/aromatic N) is 1. The summed E-state index contributed by atoms with van der Waals surface area (Å²) in [6.45, 7) is 3.43. The van der Waals surface area contributed by atoms with Crippen molar-refractivity contribution in [2.24, 2.45) is 0 Å². The van der Waals surface area contributed by atoms with Crippen molar-refractivity contribution in [1.82, 2.24) is 0 Å². The van der Waals surface area contributed by atoms with E-state index >= 15 is 0 Å². The highest BCUT2D eigenvalue weighted by molar-refractivity contribution is 8.13. The van der Waals surface area contributed by atoms with Crippen molar-refractivity contribution in [2.45, 2.75) is 25.2 Å². The van der Waals surface area contributed by atoms with Gasteiger partial charge in [0.05, 0.1) is 11.5 Å². The summed E-state index contributed by atoms with van der Waals surface area (Å²) in [7, 11) is 1.22. The molecule has 0 heterocycles. The second-order valence-electron chi connectivity index (χ2n) is 3.38. The second-order valence-corrected chi connectivity index (χ2v) is 5.89. The highest BCUT2D eigenvalue weighted by Gasteiger charge is 2.29. The van der Waals surface area contributed by atoms with Gasteiger partial charge in [-0.25, -0.2) is 8.42 Å². The van der Waals surface area contributed by atoms with Gasteiger partial charge >= 0.3 is 5.69 Å². The van der Waals surface area contributed by atoms with Crippen molar-refractivity contribution in [3.05, 3.63) is 27.8 Å². The smallest absolute Gasteiger partial charge is 0.312 e. The molecule has 0 amide bonds. The van der Waals surface area contributed by atoms with Crippen LogP contribution in [0.2, 0.25) is 0 Å². The number of nitro benzene ring substituents is 1. The van der Waals surface area contributed by atoms with E-state index in [-0.39, 0.29) is 17.3 Å². The van der Waals surface area contributed by atoms with Gasteiger partial charge in [0.2, 0.25) is 5.75 Å². The molecule has 1 aromatic carbocycles. The molecule has 0 aliphatic heterocycles. The molecule has 0 radical (unpaired) electrons. The van der Waals surface area contributed by atoms with E-state index < -0.39 is 19.7 Å². The summed E-state index contributed by atoms with van der Waals surface area (Å²) in [4.78, 5) is 9.85. The van der Waals surface area contributed by atoms with Crippen molar-refractivity contribution in [1.29, 1.82) is 0 Å². The number of ether oxygens (including phenoxy) is 1. The first-order valence-corrected chi connectivity index (χ1v) is 7.51. The average Bonchev–Trinajstić information content (AvgIpc) is 2.26. The lowest BCUT2D eigenvalue weighted by Gasteiger charge is -2.11. The summed E-state index contributed by atoms with van der Waals surface area (Å²) in [5, 5.41) is 10.9. The van der Waals surface area contributed by atoms with Crippen LogP contribution in [0.15, 0.2) is 17.0 Å². The van der Waals surface area contributed by atoms with Gasteiger partial charge in [0, 0.05) is 16.7 Å². The van der Waals surface area contributed by atoms with Gasteiger partial charge in [-0.3, -0.25) is 10.1 Å². The Morgan fingerprint density at radius 2 is 2.00 bits per heavy atom. The third kappa shape index (κ3) is 2.91. The molecule has 0 spiro atoms. The molecule has 0 aliphatic carbocycles. The lowest BCUT2D eigenvalue weighted by atomic mass is 10.1. The Morgan fingerprint density at radius 3 is 2.39 bits per heavy atom. The molecule has 0 aliphatic rings. The highest BCUT2D eigenvalue weighted by atomic mass is 35.7. The predicted octanol–water partition coefficient (Wildman–Crippen LogP) is 2.48. The molecule has 6 nitrogen and oxygen atoms in total. The van der Waals surface area contributed by atoms with Crippen molar-refractivity contribution in [3.8, 4) is 5.75 Å². The molecule has 8 heteroatoms. The maximum atomic E-state index is 11.5. The molecule has 0 atom stereocenters. The molecule has 0 saturated heterocycles. The average molecular weight is 294 g/mol. The number of aryl methyl sites for hydroxylation is 1. The Labute approximate surface area is 109 Å². The second kappa shape index (κ2) is 5.53. The van der Waals surface area contributed by atoms with Gasteiger partial charge in [-0.05, 0) is 18.9 Å². The van der Waals surface area contributed by atoms with Gasteiger partial charge in [-0.2, -0.15) is 0 Å². The summed E-state index contributed by atoms with van der Waals surface area (Å²) in [5.74, 6) is -0.295. The fourth-order valence-corrected chi connectivity index (χ4v) is 2.98. The van der Waals surface area contributed by atoms with Crippen LogP contribution >= 0.6 is 10.7 Å². The quantitative estimate of drug-likeness (QED) is 0.473. The molecule has 100 valence electrons. The molecule has 0 fully saturated rings. The summed E-state index contributed by atoms with van der Waals surface area (Å²) < 4.78 is 28.2. The van der Waals surface area contributed by atoms with E-state index in [0.29, 0.717) is 12.0 Å². The monoisotopic (exact) mass is 293 g/mol. The Morgan fingerprint density at radius 1 is 1.39 bits per heavy atom. The first kappa shape index (κ1) is 14.7. The van der Waals surface area contributed by atoms with E-state index in [4.69, 9.17) is 15.4 Å². The van der Waals surface area contributed by atoms with E-state index in [1.54, 1.807) is 13.8 Å². The Bertz CT molecular complexity index is 570. The highest BCUT2D eigenvalue weighted by Crippen LogP contribution is 2.38. The van der Waals surface area contributed by atoms with Crippen LogP contribution in [0.25, 0.3) is 0 Å². The van der Waals surface area contributed by atoms with Gasteiger partial charge in [0.25, 0.3) is 9.05 Å². The maximum Gasteiger partial charge on any atom is 0.312 e. The van der Waals surface area contributed by atoms with Crippen LogP contribution in [0.1, 0.15) is 19.4 Å². The topological polar surface area (TPSA) is 86.5 Å². The van der Waals surface area contributed by atoms with Crippen LogP contribution in [0.5, 0.6) is 5.75 Å². The van der Waals surface area contributed by atoms with Crippen LogP contribution in [-0.4, -0.2) is 19.9 Å². The minimum atomic E-state index is -4.11. The Kier molecular flexibility index (Phi) is 4.53. The van der Waals surface area contributed by atoms with Crippen molar-refractivity contribution in [3.63, 3.8) is 0 Å². The number of hydrogen-bond acceptors (Lipinski definition) is 5. The molecule has 18 heavy (non-hydrogen) atoms. The van der Waals surface area contributed by atoms with Crippen LogP contribution in [-0.2, 0) is 15.5 Å². The zero-order valence-corrected chi connectivity index (χ0v) is 11.4. The fourth-order valence-electron chi connectivity index (χ4n) is 1.57. The van der Waals surface area contributed by atoms with Gasteiger partial charge in [-0.1, -0.05) is 13.0 Å². The fraction of sp³-hybridized carbons (Fsp3) is 0.400. The summed E-state index contributed by atoms with van der Waals surface area (Å²) in [6.07, 6.45) is 0.374. The van der Waals surface area contributed by atoms with Gasteiger partial charge in [-0.15, -0.1) is 0 Å². The molecule has 0 N–H and O–H groups in total. The molecule has 0 bridgehead atoms.